The van der Waals surface area contributed by atoms with Gasteiger partial charge in [0.2, 0.25) is 0 Å². The minimum absolute atomic E-state index is 0.134. The smallest absolute Gasteiger partial charge is 0.132 e. The van der Waals surface area contributed by atoms with Crippen LogP contribution in [0.15, 0.2) is 280 Å². The van der Waals surface area contributed by atoms with Gasteiger partial charge in [-0.15, -0.1) is 0 Å². The molecule has 0 unspecified atom stereocenters. The Morgan fingerprint density at radius 3 is 1.24 bits per heavy atom. The SMILES string of the molecule is COc1cccc2c1c(C)cn2C.Cc1c(-c2ccccc2)n(-c2ccccc2)c2ccccc12.Cc1c(-c2ccccc2)n(C)c2ccccc12.Cc1ccc2c(c1)c(C)c(C)n2C.Cc1ccc2c(c1)c(C)cn2C.Cc1cccc2c1c(C)cn2C.Cc1cn(C)c2cccc(Cl)c12.Cc1cn(C)c2cccc(F)c12. The average molecular weight is 1510 g/mol. The van der Waals surface area contributed by atoms with Crippen molar-refractivity contribution < 1.29 is 9.13 Å². The first-order valence-corrected chi connectivity index (χ1v) is 39.0. The molecule has 0 bridgehead atoms. The third-order valence-electron chi connectivity index (χ3n) is 22.0. The zero-order valence-corrected chi connectivity index (χ0v) is 70.1. The number of para-hydroxylation sites is 3. The Bertz CT molecular complexity index is 6300. The van der Waals surface area contributed by atoms with Crippen molar-refractivity contribution in [2.24, 2.45) is 49.3 Å². The predicted octanol–water partition coefficient (Wildman–Crippen LogP) is 26.7. The molecule has 8 heterocycles. The summed E-state index contributed by atoms with van der Waals surface area (Å²) in [6, 6.07) is 85.8. The second-order valence-electron chi connectivity index (χ2n) is 30.0. The van der Waals surface area contributed by atoms with E-state index in [-0.39, 0.29) is 5.82 Å². The Hall–Kier alpha value is -12.2. The van der Waals surface area contributed by atoms with E-state index in [4.69, 9.17) is 16.3 Å². The lowest BCUT2D eigenvalue weighted by Gasteiger charge is -2.12. The maximum Gasteiger partial charge on any atom is 0.132 e. The van der Waals surface area contributed by atoms with E-state index in [1.165, 1.54) is 172 Å². The Morgan fingerprint density at radius 1 is 0.292 bits per heavy atom. The van der Waals surface area contributed by atoms with Gasteiger partial charge in [0.05, 0.1) is 40.1 Å². The molecule has 0 saturated heterocycles. The van der Waals surface area contributed by atoms with Crippen LogP contribution in [0.2, 0.25) is 5.02 Å². The summed E-state index contributed by atoms with van der Waals surface area (Å²) in [5.41, 5.74) is 31.9. The fourth-order valence-electron chi connectivity index (χ4n) is 16.3. The largest absolute Gasteiger partial charge is 0.496 e. The summed E-state index contributed by atoms with van der Waals surface area (Å²) in [4.78, 5) is 0. The van der Waals surface area contributed by atoms with Crippen molar-refractivity contribution in [3.8, 4) is 34.0 Å². The van der Waals surface area contributed by atoms with Gasteiger partial charge in [0.15, 0.2) is 0 Å². The van der Waals surface area contributed by atoms with Crippen molar-refractivity contribution in [3.05, 3.63) is 357 Å². The van der Waals surface area contributed by atoms with Crippen LogP contribution in [-0.4, -0.2) is 43.6 Å². The summed E-state index contributed by atoms with van der Waals surface area (Å²) in [5.74, 6) is 0.821. The number of hydrogen-bond acceptors (Lipinski definition) is 1. The van der Waals surface area contributed by atoms with E-state index in [2.05, 4.69) is 374 Å². The van der Waals surface area contributed by atoms with Crippen LogP contribution in [0, 0.1) is 88.9 Å². The van der Waals surface area contributed by atoms with E-state index >= 15 is 0 Å². The molecule has 9 nitrogen and oxygen atoms in total. The van der Waals surface area contributed by atoms with E-state index in [1.54, 1.807) is 13.2 Å². The summed E-state index contributed by atoms with van der Waals surface area (Å²) < 4.78 is 35.9. The monoisotopic (exact) mass is 1510 g/mol. The van der Waals surface area contributed by atoms with Crippen LogP contribution in [0.25, 0.3) is 115 Å². The number of halogens is 2. The summed E-state index contributed by atoms with van der Waals surface area (Å²) in [6.07, 6.45) is 10.5. The molecule has 0 radical (unpaired) electrons. The first kappa shape index (κ1) is 80.3. The van der Waals surface area contributed by atoms with Crippen LogP contribution in [0.4, 0.5) is 4.39 Å². The van der Waals surface area contributed by atoms with Crippen molar-refractivity contribution in [2.45, 2.75) is 83.1 Å². The highest BCUT2D eigenvalue weighted by atomic mass is 35.5. The van der Waals surface area contributed by atoms with Gasteiger partial charge in [-0.05, 0) is 235 Å². The third-order valence-corrected chi connectivity index (χ3v) is 22.3. The van der Waals surface area contributed by atoms with Crippen molar-refractivity contribution in [1.29, 1.82) is 0 Å². The van der Waals surface area contributed by atoms with E-state index in [0.29, 0.717) is 0 Å². The van der Waals surface area contributed by atoms with Gasteiger partial charge in [-0.25, -0.2) is 4.39 Å². The summed E-state index contributed by atoms with van der Waals surface area (Å²) in [5, 5.41) is 10.8. The summed E-state index contributed by atoms with van der Waals surface area (Å²) >= 11 is 6.06. The number of rotatable bonds is 4. The summed E-state index contributed by atoms with van der Waals surface area (Å²) in [7, 11) is 16.2. The molecule has 0 spiro atoms. The first-order chi connectivity index (χ1) is 54.3. The standard InChI is InChI=1S/C21H17N.C16H15N.C12H15N.C11H13NO.2C11H13N.C10H10ClN.C10H10FN/c1-16-19-14-8-9-15-20(19)22(18-12-6-3-7-13-18)21(16)17-10-4-2-5-11-17;1-12-14-10-6-7-11-15(14)17(2)16(12)13-8-4-3-5-9-13;1-8-5-6-12-11(7-8)9(2)10(3)13(12)4;1-8-7-12(2)9-5-4-6-10(13-3)11(8)9;1-8-4-5-11-10(6-8)9(2)7-12(11)3;1-8-5-4-6-10-11(8)9(2)7-12(10)3;2*1-7-6-12(2)9-5-3-4-8(11)10(7)9/h2-15H,1H3;3-11H,1-2H3;5-7H,1-4H3;4-7H,1-3H3;2*4-7H,1-3H3;2*3-6H,1-2H3. The zero-order chi connectivity index (χ0) is 80.6. The van der Waals surface area contributed by atoms with Gasteiger partial charge in [-0.2, -0.15) is 0 Å². The minimum Gasteiger partial charge on any atom is -0.496 e. The second kappa shape index (κ2) is 35.0. The normalized spacial score (nSPS) is 10.9. The third kappa shape index (κ3) is 16.9. The van der Waals surface area contributed by atoms with E-state index in [0.717, 1.165) is 27.2 Å². The number of benzene rings is 11. The molecule has 0 aliphatic carbocycles. The lowest BCUT2D eigenvalue weighted by molar-refractivity contribution is 0.419. The molecular weight excluding hydrogens is 1410 g/mol. The molecule has 0 fully saturated rings. The van der Waals surface area contributed by atoms with Crippen LogP contribution in [0.1, 0.15) is 66.9 Å². The zero-order valence-electron chi connectivity index (χ0n) is 69.3. The van der Waals surface area contributed by atoms with Crippen molar-refractivity contribution >= 4 is 98.8 Å². The molecule has 574 valence electrons. The summed E-state index contributed by atoms with van der Waals surface area (Å²) in [6.45, 7) is 25.6. The number of fused-ring (bicyclic) bond motifs is 8. The molecular formula is C102H106ClFN8O. The van der Waals surface area contributed by atoms with Gasteiger partial charge in [-0.1, -0.05) is 180 Å². The van der Waals surface area contributed by atoms with Gasteiger partial charge in [0.1, 0.15) is 11.6 Å². The molecule has 11 heteroatoms. The maximum atomic E-state index is 13.2. The molecule has 19 aromatic rings. The molecule has 0 aliphatic heterocycles. The number of aromatic nitrogens is 8. The Kier molecular flexibility index (Phi) is 24.9. The Balaban J connectivity index is 0.000000121. The van der Waals surface area contributed by atoms with Gasteiger partial charge in [0.25, 0.3) is 0 Å². The number of aryl methyl sites for hydroxylation is 18. The number of hydrogen-bond donors (Lipinski definition) is 0. The fourth-order valence-corrected chi connectivity index (χ4v) is 16.6. The average Bonchev–Trinajstić information content (AvgIpc) is 1.60. The fraction of sp³-hybridized carbons (Fsp3) is 0.196. The molecule has 0 atom stereocenters. The van der Waals surface area contributed by atoms with Crippen molar-refractivity contribution in [3.63, 3.8) is 0 Å². The van der Waals surface area contributed by atoms with Gasteiger partial charge in [0, 0.05) is 162 Å². The molecule has 113 heavy (non-hydrogen) atoms. The molecule has 0 N–H and O–H groups in total. The van der Waals surface area contributed by atoms with E-state index in [1.807, 2.05) is 62.1 Å². The molecule has 8 aromatic heterocycles. The number of nitrogens with zero attached hydrogens (tertiary/aromatic N) is 8. The van der Waals surface area contributed by atoms with E-state index in [9.17, 15) is 4.39 Å². The highest BCUT2D eigenvalue weighted by Gasteiger charge is 2.18. The quantitative estimate of drug-likeness (QED) is 0.173. The van der Waals surface area contributed by atoms with Crippen molar-refractivity contribution in [2.75, 3.05) is 7.11 Å². The second-order valence-corrected chi connectivity index (χ2v) is 30.4. The molecule has 19 rings (SSSR count). The lowest BCUT2D eigenvalue weighted by atomic mass is 10.1. The maximum absolute atomic E-state index is 13.2. The predicted molar refractivity (Wildman–Crippen MR) is 483 cm³/mol. The first-order valence-electron chi connectivity index (χ1n) is 38.6. The van der Waals surface area contributed by atoms with Crippen LogP contribution in [-0.2, 0) is 49.3 Å². The van der Waals surface area contributed by atoms with Crippen molar-refractivity contribution in [1.82, 2.24) is 36.5 Å². The van der Waals surface area contributed by atoms with Crippen LogP contribution < -0.4 is 4.74 Å². The molecule has 0 amide bonds. The Morgan fingerprint density at radius 2 is 0.690 bits per heavy atom. The lowest BCUT2D eigenvalue weighted by Crippen LogP contribution is -1.96. The van der Waals surface area contributed by atoms with E-state index < -0.39 is 0 Å². The topological polar surface area (TPSA) is 48.7 Å². The van der Waals surface area contributed by atoms with Crippen LogP contribution in [0.5, 0.6) is 5.75 Å². The van der Waals surface area contributed by atoms with Crippen LogP contribution >= 0.6 is 11.6 Å². The number of methoxy groups -OCH3 is 1. The van der Waals surface area contributed by atoms with Gasteiger partial charge < -0.3 is 41.3 Å². The highest BCUT2D eigenvalue weighted by molar-refractivity contribution is 6.35. The molecule has 0 saturated carbocycles. The molecule has 11 aromatic carbocycles. The van der Waals surface area contributed by atoms with Gasteiger partial charge in [-0.3, -0.25) is 0 Å². The Labute approximate surface area is 671 Å². The van der Waals surface area contributed by atoms with Gasteiger partial charge >= 0.3 is 0 Å². The minimum atomic E-state index is -0.134. The number of ether oxygens (including phenoxy) is 1. The highest BCUT2D eigenvalue weighted by Crippen LogP contribution is 2.38. The molecule has 0 aliphatic rings. The van der Waals surface area contributed by atoms with Crippen LogP contribution in [0.3, 0.4) is 0 Å².